The molecule has 1 aliphatic heterocycles. The molecule has 4 aromatic rings. The standard InChI is InChI=1S/C24H23N3O4/c1-15-8-9-27-22(12-15)25-23(16-4-6-18(28)20(13-16)29-3)24(27)26(2)17-5-7-19-21(14-17)31-11-10-30-19/h4-9,12-14,28H,10-11H2,1-3H3. The van der Waals surface area contributed by atoms with Gasteiger partial charge < -0.3 is 24.2 Å². The fourth-order valence-corrected chi connectivity index (χ4v) is 3.84. The molecule has 0 amide bonds. The number of phenols is 1. The number of fused-ring (bicyclic) bond motifs is 2. The first kappa shape index (κ1) is 19.1. The minimum atomic E-state index is 0.0904. The average Bonchev–Trinajstić information content (AvgIpc) is 3.17. The number of ether oxygens (including phenoxy) is 3. The maximum Gasteiger partial charge on any atom is 0.163 e. The Kier molecular flexibility index (Phi) is 4.58. The first-order chi connectivity index (χ1) is 15.0. The van der Waals surface area contributed by atoms with Gasteiger partial charge in [-0.25, -0.2) is 4.98 Å². The Labute approximate surface area is 180 Å². The molecule has 0 saturated heterocycles. The number of phenolic OH excluding ortho intramolecular Hbond substituents is 1. The molecule has 0 saturated carbocycles. The van der Waals surface area contributed by atoms with Gasteiger partial charge >= 0.3 is 0 Å². The molecule has 0 radical (unpaired) electrons. The highest BCUT2D eigenvalue weighted by molar-refractivity contribution is 5.82. The number of rotatable bonds is 4. The van der Waals surface area contributed by atoms with Crippen molar-refractivity contribution in [1.82, 2.24) is 9.38 Å². The molecule has 2 aromatic heterocycles. The van der Waals surface area contributed by atoms with E-state index in [9.17, 15) is 5.11 Å². The van der Waals surface area contributed by atoms with E-state index in [2.05, 4.69) is 15.4 Å². The Bertz CT molecular complexity index is 1280. The Hall–Kier alpha value is -3.87. The van der Waals surface area contributed by atoms with Crippen LogP contribution >= 0.6 is 0 Å². The molecular weight excluding hydrogens is 394 g/mol. The number of aryl methyl sites for hydroxylation is 1. The first-order valence-electron chi connectivity index (χ1n) is 10.0. The fraction of sp³-hybridized carbons (Fsp3) is 0.208. The van der Waals surface area contributed by atoms with E-state index in [-0.39, 0.29) is 5.75 Å². The van der Waals surface area contributed by atoms with Crippen LogP contribution in [0.5, 0.6) is 23.0 Å². The zero-order valence-corrected chi connectivity index (χ0v) is 17.6. The van der Waals surface area contributed by atoms with E-state index in [1.807, 2.05) is 50.5 Å². The number of aromatic hydroxyl groups is 1. The van der Waals surface area contributed by atoms with Crippen molar-refractivity contribution in [2.75, 3.05) is 32.3 Å². The van der Waals surface area contributed by atoms with Crippen LogP contribution in [0.15, 0.2) is 54.7 Å². The summed E-state index contributed by atoms with van der Waals surface area (Å²) in [5.41, 5.74) is 4.53. The zero-order valence-electron chi connectivity index (χ0n) is 17.6. The van der Waals surface area contributed by atoms with Crippen LogP contribution in [0.4, 0.5) is 11.5 Å². The molecule has 7 heteroatoms. The first-order valence-corrected chi connectivity index (χ1v) is 10.0. The smallest absolute Gasteiger partial charge is 0.163 e. The summed E-state index contributed by atoms with van der Waals surface area (Å²) < 4.78 is 18.8. The highest BCUT2D eigenvalue weighted by Crippen LogP contribution is 2.40. The Morgan fingerprint density at radius 3 is 2.65 bits per heavy atom. The second-order valence-corrected chi connectivity index (χ2v) is 7.49. The van der Waals surface area contributed by atoms with E-state index in [0.29, 0.717) is 19.0 Å². The largest absolute Gasteiger partial charge is 0.504 e. The summed E-state index contributed by atoms with van der Waals surface area (Å²) in [4.78, 5) is 6.98. The molecule has 7 nitrogen and oxygen atoms in total. The van der Waals surface area contributed by atoms with E-state index in [1.54, 1.807) is 12.1 Å². The third kappa shape index (κ3) is 3.28. The molecule has 0 spiro atoms. The average molecular weight is 417 g/mol. The summed E-state index contributed by atoms with van der Waals surface area (Å²) in [6, 6.07) is 15.3. The highest BCUT2D eigenvalue weighted by atomic mass is 16.6. The number of imidazole rings is 1. The molecule has 158 valence electrons. The normalized spacial score (nSPS) is 12.7. The maximum absolute atomic E-state index is 10.0. The molecule has 0 aliphatic carbocycles. The van der Waals surface area contributed by atoms with E-state index in [1.165, 1.54) is 7.11 Å². The molecular formula is C24H23N3O4. The molecule has 31 heavy (non-hydrogen) atoms. The molecule has 1 N–H and O–H groups in total. The van der Waals surface area contributed by atoms with E-state index in [0.717, 1.165) is 45.5 Å². The molecule has 2 aromatic carbocycles. The minimum absolute atomic E-state index is 0.0904. The van der Waals surface area contributed by atoms with Gasteiger partial charge in [0.05, 0.1) is 7.11 Å². The second-order valence-electron chi connectivity index (χ2n) is 7.49. The third-order valence-electron chi connectivity index (χ3n) is 5.44. The molecule has 3 heterocycles. The van der Waals surface area contributed by atoms with Crippen LogP contribution in [0.25, 0.3) is 16.9 Å². The van der Waals surface area contributed by atoms with Gasteiger partial charge in [-0.3, -0.25) is 4.40 Å². The monoisotopic (exact) mass is 417 g/mol. The van der Waals surface area contributed by atoms with Gasteiger partial charge in [-0.15, -0.1) is 0 Å². The van der Waals surface area contributed by atoms with Crippen molar-refractivity contribution in [2.45, 2.75) is 6.92 Å². The van der Waals surface area contributed by atoms with Gasteiger partial charge in [0.1, 0.15) is 30.4 Å². The number of hydrogen-bond donors (Lipinski definition) is 1. The van der Waals surface area contributed by atoms with E-state index in [4.69, 9.17) is 19.2 Å². The lowest BCUT2D eigenvalue weighted by Crippen LogP contribution is -2.17. The SMILES string of the molecule is COc1cc(-c2nc3cc(C)ccn3c2N(C)c2ccc3c(c2)OCCO3)ccc1O. The van der Waals surface area contributed by atoms with Gasteiger partial charge in [-0.05, 0) is 55.0 Å². The second kappa shape index (κ2) is 7.43. The summed E-state index contributed by atoms with van der Waals surface area (Å²) in [6.07, 6.45) is 2.02. The van der Waals surface area contributed by atoms with Crippen LogP contribution < -0.4 is 19.1 Å². The molecule has 5 rings (SSSR count). The highest BCUT2D eigenvalue weighted by Gasteiger charge is 2.22. The van der Waals surface area contributed by atoms with Crippen molar-refractivity contribution in [3.05, 3.63) is 60.3 Å². The van der Waals surface area contributed by atoms with Crippen molar-refractivity contribution >= 4 is 17.2 Å². The Morgan fingerprint density at radius 1 is 1.03 bits per heavy atom. The topological polar surface area (TPSA) is 68.5 Å². The summed E-state index contributed by atoms with van der Waals surface area (Å²) in [6.45, 7) is 3.14. The lowest BCUT2D eigenvalue weighted by Gasteiger charge is -2.24. The van der Waals surface area contributed by atoms with Crippen molar-refractivity contribution in [1.29, 1.82) is 0 Å². The number of methoxy groups -OCH3 is 1. The van der Waals surface area contributed by atoms with Crippen LogP contribution in [-0.4, -0.2) is 41.9 Å². The summed E-state index contributed by atoms with van der Waals surface area (Å²) >= 11 is 0. The molecule has 0 atom stereocenters. The number of benzene rings is 2. The van der Waals surface area contributed by atoms with Crippen LogP contribution in [0, 0.1) is 6.92 Å². The van der Waals surface area contributed by atoms with Crippen molar-refractivity contribution in [3.63, 3.8) is 0 Å². The number of nitrogens with zero attached hydrogens (tertiary/aromatic N) is 3. The van der Waals surface area contributed by atoms with Crippen molar-refractivity contribution < 1.29 is 19.3 Å². The van der Waals surface area contributed by atoms with Gasteiger partial charge in [0.2, 0.25) is 0 Å². The quantitative estimate of drug-likeness (QED) is 0.525. The summed E-state index contributed by atoms with van der Waals surface area (Å²) in [7, 11) is 3.53. The molecule has 1 aliphatic rings. The lowest BCUT2D eigenvalue weighted by atomic mass is 10.1. The van der Waals surface area contributed by atoms with Crippen LogP contribution in [0.1, 0.15) is 5.56 Å². The number of anilines is 2. The summed E-state index contributed by atoms with van der Waals surface area (Å²) in [5.74, 6) is 2.86. The molecule has 0 unspecified atom stereocenters. The van der Waals surface area contributed by atoms with Gasteiger partial charge in [0, 0.05) is 30.6 Å². The van der Waals surface area contributed by atoms with Crippen molar-refractivity contribution in [2.24, 2.45) is 0 Å². The predicted octanol–water partition coefficient (Wildman–Crippen LogP) is 4.56. The zero-order chi connectivity index (χ0) is 21.5. The maximum atomic E-state index is 10.0. The van der Waals surface area contributed by atoms with Gasteiger partial charge in [0.15, 0.2) is 23.0 Å². The molecule has 0 bridgehead atoms. The summed E-state index contributed by atoms with van der Waals surface area (Å²) in [5, 5.41) is 10.0. The molecule has 0 fully saturated rings. The van der Waals surface area contributed by atoms with E-state index >= 15 is 0 Å². The predicted molar refractivity (Wildman–Crippen MR) is 119 cm³/mol. The van der Waals surface area contributed by atoms with Gasteiger partial charge in [0.25, 0.3) is 0 Å². The van der Waals surface area contributed by atoms with Gasteiger partial charge in [-0.1, -0.05) is 0 Å². The number of aromatic nitrogens is 2. The Balaban J connectivity index is 1.69. The van der Waals surface area contributed by atoms with Gasteiger partial charge in [-0.2, -0.15) is 0 Å². The van der Waals surface area contributed by atoms with Crippen LogP contribution in [-0.2, 0) is 0 Å². The van der Waals surface area contributed by atoms with Crippen LogP contribution in [0.2, 0.25) is 0 Å². The third-order valence-corrected chi connectivity index (χ3v) is 5.44. The fourth-order valence-electron chi connectivity index (χ4n) is 3.84. The Morgan fingerprint density at radius 2 is 1.84 bits per heavy atom. The number of hydrogen-bond acceptors (Lipinski definition) is 6. The van der Waals surface area contributed by atoms with E-state index < -0.39 is 0 Å². The number of pyridine rings is 1. The minimum Gasteiger partial charge on any atom is -0.504 e. The lowest BCUT2D eigenvalue weighted by molar-refractivity contribution is 0.171. The van der Waals surface area contributed by atoms with Crippen molar-refractivity contribution in [3.8, 4) is 34.3 Å². The van der Waals surface area contributed by atoms with Crippen LogP contribution in [0.3, 0.4) is 0 Å².